The standard InChI is InChI=1S/C16H21NO3/c1-11(16(18)19)13-8-6-12(7-9-13)10-14-4-2-3-5-15(14)17-20/h6-9,11,14,20H,2-5,10H2,1H3,(H,18,19)/b17-15-. The molecule has 0 radical (unpaired) electrons. The molecule has 4 heteroatoms. The van der Waals surface area contributed by atoms with Gasteiger partial charge in [0.1, 0.15) is 0 Å². The molecule has 1 aliphatic carbocycles. The number of nitrogens with zero attached hydrogens (tertiary/aromatic N) is 1. The maximum atomic E-state index is 10.9. The first-order valence-electron chi connectivity index (χ1n) is 7.14. The highest BCUT2D eigenvalue weighted by Gasteiger charge is 2.21. The smallest absolute Gasteiger partial charge is 0.310 e. The minimum atomic E-state index is -0.806. The van der Waals surface area contributed by atoms with Crippen molar-refractivity contribution >= 4 is 11.7 Å². The first-order valence-corrected chi connectivity index (χ1v) is 7.14. The van der Waals surface area contributed by atoms with Crippen LogP contribution in [0.5, 0.6) is 0 Å². The molecule has 0 heterocycles. The monoisotopic (exact) mass is 275 g/mol. The average Bonchev–Trinajstić information content (AvgIpc) is 2.48. The third-order valence-electron chi connectivity index (χ3n) is 4.17. The van der Waals surface area contributed by atoms with E-state index in [1.54, 1.807) is 6.92 Å². The zero-order valence-corrected chi connectivity index (χ0v) is 11.7. The van der Waals surface area contributed by atoms with Gasteiger partial charge in [-0.1, -0.05) is 35.8 Å². The number of rotatable bonds is 4. The Morgan fingerprint density at radius 1 is 1.35 bits per heavy atom. The number of oxime groups is 1. The Morgan fingerprint density at radius 3 is 2.65 bits per heavy atom. The number of aliphatic carboxylic acids is 1. The van der Waals surface area contributed by atoms with Gasteiger partial charge in [0.2, 0.25) is 0 Å². The second-order valence-corrected chi connectivity index (χ2v) is 5.54. The van der Waals surface area contributed by atoms with Crippen molar-refractivity contribution in [1.29, 1.82) is 0 Å². The molecule has 2 N–H and O–H groups in total. The van der Waals surface area contributed by atoms with Crippen molar-refractivity contribution in [2.75, 3.05) is 0 Å². The zero-order chi connectivity index (χ0) is 14.5. The molecule has 1 fully saturated rings. The molecule has 1 saturated carbocycles. The molecule has 0 saturated heterocycles. The van der Waals surface area contributed by atoms with E-state index < -0.39 is 11.9 Å². The van der Waals surface area contributed by atoms with E-state index in [2.05, 4.69) is 5.16 Å². The lowest BCUT2D eigenvalue weighted by Crippen LogP contribution is -2.21. The summed E-state index contributed by atoms with van der Waals surface area (Å²) in [6.07, 6.45) is 5.09. The predicted molar refractivity (Wildman–Crippen MR) is 77.4 cm³/mol. The average molecular weight is 275 g/mol. The quantitative estimate of drug-likeness (QED) is 0.653. The van der Waals surface area contributed by atoms with Gasteiger partial charge in [-0.05, 0) is 43.7 Å². The summed E-state index contributed by atoms with van der Waals surface area (Å²) in [5.41, 5.74) is 2.89. The fraction of sp³-hybridized carbons (Fsp3) is 0.500. The minimum Gasteiger partial charge on any atom is -0.481 e. The van der Waals surface area contributed by atoms with Gasteiger partial charge < -0.3 is 10.3 Å². The van der Waals surface area contributed by atoms with Gasteiger partial charge in [0.15, 0.2) is 0 Å². The maximum Gasteiger partial charge on any atom is 0.310 e. The van der Waals surface area contributed by atoms with Gasteiger partial charge >= 0.3 is 5.97 Å². The highest BCUT2D eigenvalue weighted by Crippen LogP contribution is 2.26. The van der Waals surface area contributed by atoms with E-state index in [9.17, 15) is 4.79 Å². The molecule has 0 aromatic heterocycles. The van der Waals surface area contributed by atoms with Crippen LogP contribution in [-0.4, -0.2) is 22.0 Å². The summed E-state index contributed by atoms with van der Waals surface area (Å²) in [6, 6.07) is 7.73. The van der Waals surface area contributed by atoms with Crippen LogP contribution in [0.25, 0.3) is 0 Å². The van der Waals surface area contributed by atoms with Crippen LogP contribution in [-0.2, 0) is 11.2 Å². The van der Waals surface area contributed by atoms with Gasteiger partial charge in [0.25, 0.3) is 0 Å². The van der Waals surface area contributed by atoms with E-state index in [1.165, 1.54) is 12.0 Å². The van der Waals surface area contributed by atoms with Crippen LogP contribution in [0.1, 0.15) is 49.7 Å². The molecule has 0 bridgehead atoms. The van der Waals surface area contributed by atoms with Crippen molar-refractivity contribution in [3.8, 4) is 0 Å². The minimum absolute atomic E-state index is 0.316. The molecule has 1 aromatic rings. The van der Waals surface area contributed by atoms with Gasteiger partial charge in [0, 0.05) is 5.92 Å². The summed E-state index contributed by atoms with van der Waals surface area (Å²) in [5, 5.41) is 21.5. The second-order valence-electron chi connectivity index (χ2n) is 5.54. The third-order valence-corrected chi connectivity index (χ3v) is 4.17. The van der Waals surface area contributed by atoms with E-state index in [0.717, 1.165) is 37.0 Å². The number of carbonyl (C=O) groups is 1. The van der Waals surface area contributed by atoms with Gasteiger partial charge in [-0.15, -0.1) is 0 Å². The Morgan fingerprint density at radius 2 is 2.05 bits per heavy atom. The second kappa shape index (κ2) is 6.55. The summed E-state index contributed by atoms with van der Waals surface area (Å²) in [6.45, 7) is 1.69. The molecule has 2 unspecified atom stereocenters. The van der Waals surface area contributed by atoms with Gasteiger partial charge in [0.05, 0.1) is 11.6 Å². The van der Waals surface area contributed by atoms with E-state index in [-0.39, 0.29) is 0 Å². The number of hydrogen-bond acceptors (Lipinski definition) is 3. The van der Waals surface area contributed by atoms with Crippen LogP contribution in [0, 0.1) is 5.92 Å². The van der Waals surface area contributed by atoms with Crippen molar-refractivity contribution in [3.63, 3.8) is 0 Å². The predicted octanol–water partition coefficient (Wildman–Crippen LogP) is 3.44. The lowest BCUT2D eigenvalue weighted by molar-refractivity contribution is -0.138. The fourth-order valence-electron chi connectivity index (χ4n) is 2.79. The van der Waals surface area contributed by atoms with E-state index in [1.807, 2.05) is 24.3 Å². The summed E-state index contributed by atoms with van der Waals surface area (Å²) < 4.78 is 0. The van der Waals surface area contributed by atoms with Crippen LogP contribution in [0.2, 0.25) is 0 Å². The molecule has 2 rings (SSSR count). The largest absolute Gasteiger partial charge is 0.481 e. The highest BCUT2D eigenvalue weighted by molar-refractivity contribution is 5.87. The fourth-order valence-corrected chi connectivity index (χ4v) is 2.79. The van der Waals surface area contributed by atoms with Crippen LogP contribution in [0.15, 0.2) is 29.4 Å². The Labute approximate surface area is 119 Å². The number of carboxylic acid groups (broad SMARTS) is 1. The summed E-state index contributed by atoms with van der Waals surface area (Å²) in [5.74, 6) is -0.968. The molecule has 1 aliphatic rings. The molecule has 0 aliphatic heterocycles. The third kappa shape index (κ3) is 3.38. The first kappa shape index (κ1) is 14.6. The molecule has 0 amide bonds. The van der Waals surface area contributed by atoms with Crippen LogP contribution in [0.4, 0.5) is 0 Å². The van der Waals surface area contributed by atoms with Gasteiger partial charge in [-0.2, -0.15) is 0 Å². The first-order chi connectivity index (χ1) is 9.61. The number of carboxylic acids is 1. The van der Waals surface area contributed by atoms with E-state index in [4.69, 9.17) is 10.3 Å². The molecule has 20 heavy (non-hydrogen) atoms. The lowest BCUT2D eigenvalue weighted by Gasteiger charge is -2.23. The van der Waals surface area contributed by atoms with E-state index >= 15 is 0 Å². The van der Waals surface area contributed by atoms with Crippen molar-refractivity contribution < 1.29 is 15.1 Å². The normalized spacial score (nSPS) is 22.6. The molecule has 2 atom stereocenters. The maximum absolute atomic E-state index is 10.9. The van der Waals surface area contributed by atoms with Crippen LogP contribution < -0.4 is 0 Å². The molecule has 4 nitrogen and oxygen atoms in total. The SMILES string of the molecule is CC(C(=O)O)c1ccc(CC2CCCC/C2=N/O)cc1. The van der Waals surface area contributed by atoms with Crippen molar-refractivity contribution in [3.05, 3.63) is 35.4 Å². The summed E-state index contributed by atoms with van der Waals surface area (Å²) >= 11 is 0. The van der Waals surface area contributed by atoms with E-state index in [0.29, 0.717) is 5.92 Å². The molecular formula is C16H21NO3. The Bertz CT molecular complexity index is 493. The van der Waals surface area contributed by atoms with Crippen LogP contribution >= 0.6 is 0 Å². The van der Waals surface area contributed by atoms with Crippen LogP contribution in [0.3, 0.4) is 0 Å². The Hall–Kier alpha value is -1.84. The highest BCUT2D eigenvalue weighted by atomic mass is 16.4. The summed E-state index contributed by atoms with van der Waals surface area (Å²) in [4.78, 5) is 10.9. The van der Waals surface area contributed by atoms with Crippen molar-refractivity contribution in [1.82, 2.24) is 0 Å². The molecule has 0 spiro atoms. The van der Waals surface area contributed by atoms with Crippen molar-refractivity contribution in [2.45, 2.75) is 44.9 Å². The van der Waals surface area contributed by atoms with Gasteiger partial charge in [-0.3, -0.25) is 4.79 Å². The van der Waals surface area contributed by atoms with Crippen molar-refractivity contribution in [2.24, 2.45) is 11.1 Å². The summed E-state index contributed by atoms with van der Waals surface area (Å²) in [7, 11) is 0. The number of benzene rings is 1. The van der Waals surface area contributed by atoms with Gasteiger partial charge in [-0.25, -0.2) is 0 Å². The molecule has 1 aromatic carbocycles. The zero-order valence-electron chi connectivity index (χ0n) is 11.7. The Balaban J connectivity index is 2.05. The molecular weight excluding hydrogens is 254 g/mol. The Kier molecular flexibility index (Phi) is 4.77. The molecule has 108 valence electrons. The number of hydrogen-bond donors (Lipinski definition) is 2. The lowest BCUT2D eigenvalue weighted by atomic mass is 9.83. The topological polar surface area (TPSA) is 69.9 Å².